The highest BCUT2D eigenvalue weighted by Gasteiger charge is 2.50. The van der Waals surface area contributed by atoms with Gasteiger partial charge in [0.15, 0.2) is 5.83 Å². The van der Waals surface area contributed by atoms with Gasteiger partial charge in [0.25, 0.3) is 5.56 Å². The Morgan fingerprint density at radius 3 is 2.63 bits per heavy atom. The van der Waals surface area contributed by atoms with E-state index in [1.165, 1.54) is 30.7 Å². The Morgan fingerprint density at radius 1 is 1.24 bits per heavy atom. The predicted octanol–water partition coefficient (Wildman–Crippen LogP) is 6.09. The van der Waals surface area contributed by atoms with E-state index in [4.69, 9.17) is 11.6 Å². The highest BCUT2D eigenvalue weighted by molar-refractivity contribution is 7.84. The van der Waals surface area contributed by atoms with Crippen LogP contribution in [0.3, 0.4) is 0 Å². The highest BCUT2D eigenvalue weighted by atomic mass is 35.5. The number of aromatic nitrogens is 3. The lowest BCUT2D eigenvalue weighted by Gasteiger charge is -2.12. The van der Waals surface area contributed by atoms with E-state index in [1.807, 2.05) is 6.92 Å². The topological polar surface area (TPSA) is 77.2 Å². The summed E-state index contributed by atoms with van der Waals surface area (Å²) in [5.41, 5.74) is 1.66. The van der Waals surface area contributed by atoms with Crippen molar-refractivity contribution in [2.24, 2.45) is 10.9 Å². The minimum atomic E-state index is -1.63. The fraction of sp³-hybridized carbons (Fsp3) is 0.286. The van der Waals surface area contributed by atoms with Crippen LogP contribution in [0.4, 0.5) is 8.78 Å². The maximum absolute atomic E-state index is 15.7. The zero-order valence-electron chi connectivity index (χ0n) is 21.6. The number of hydrogen-bond acceptors (Lipinski definition) is 5. The predicted molar refractivity (Wildman–Crippen MR) is 147 cm³/mol. The van der Waals surface area contributed by atoms with Gasteiger partial charge in [-0.15, -0.1) is 0 Å². The van der Waals surface area contributed by atoms with Gasteiger partial charge < -0.3 is 0 Å². The first-order valence-corrected chi connectivity index (χ1v) is 13.9. The van der Waals surface area contributed by atoms with Crippen LogP contribution in [0.1, 0.15) is 53.9 Å². The summed E-state index contributed by atoms with van der Waals surface area (Å²) in [6, 6.07) is 5.95. The van der Waals surface area contributed by atoms with Crippen LogP contribution in [0.25, 0.3) is 6.20 Å². The third-order valence-electron chi connectivity index (χ3n) is 6.61. The molecule has 0 bridgehead atoms. The molecule has 3 unspecified atom stereocenters. The number of benzene rings is 1. The number of rotatable bonds is 7. The maximum Gasteiger partial charge on any atom is 0.273 e. The first-order valence-electron chi connectivity index (χ1n) is 12.0. The third-order valence-corrected chi connectivity index (χ3v) is 7.92. The molecule has 3 aromatic rings. The smallest absolute Gasteiger partial charge is 0.273 e. The number of hydrogen-bond donors (Lipinski definition) is 0. The van der Waals surface area contributed by atoms with Crippen molar-refractivity contribution in [2.75, 3.05) is 6.26 Å². The van der Waals surface area contributed by atoms with Crippen LogP contribution < -0.4 is 5.56 Å². The summed E-state index contributed by atoms with van der Waals surface area (Å²) in [6.07, 6.45) is 8.56. The van der Waals surface area contributed by atoms with E-state index in [2.05, 4.69) is 21.9 Å². The van der Waals surface area contributed by atoms with Gasteiger partial charge in [-0.05, 0) is 56.4 Å². The SMILES string of the molecule is C/C=C/N=C(/C(F)=C/n1c(C)cc(C2C(c3cncc(C)n3)[C@H]2C)c(Cl)c1=O)c1cccc(S(C)=O)c1F. The number of allylic oxidation sites excluding steroid dienone is 2. The van der Waals surface area contributed by atoms with Crippen LogP contribution in [0.5, 0.6) is 0 Å². The molecular weight excluding hydrogens is 530 g/mol. The molecule has 1 saturated carbocycles. The molecule has 0 N–H and O–H groups in total. The average Bonchev–Trinajstić information content (AvgIpc) is 3.55. The van der Waals surface area contributed by atoms with E-state index in [0.29, 0.717) is 11.3 Å². The molecular formula is C28H27ClF2N4O2S. The second kappa shape index (κ2) is 11.2. The van der Waals surface area contributed by atoms with Crippen molar-refractivity contribution >= 4 is 34.3 Å². The summed E-state index contributed by atoms with van der Waals surface area (Å²) < 4.78 is 43.8. The standard InChI is InChI=1S/C28H27ClF2N4O2S/c1-6-10-33-27(18-8-7-9-22(26(18)31)38(5)37)20(30)14-35-16(3)11-19(25(29)28(35)36)23-17(4)24(23)21-13-32-12-15(2)34-21/h6-14,17,23-24H,1-5H3/b10-6+,20-14-,33-27+/t17-,23?,24?,38?/m0/s1. The first-order chi connectivity index (χ1) is 18.1. The number of halogens is 3. The fourth-order valence-corrected chi connectivity index (χ4v) is 5.59. The van der Waals surface area contributed by atoms with E-state index >= 15 is 8.78 Å². The molecule has 198 valence electrons. The van der Waals surface area contributed by atoms with E-state index in [9.17, 15) is 9.00 Å². The van der Waals surface area contributed by atoms with Gasteiger partial charge in [0.05, 0.1) is 33.3 Å². The molecule has 0 amide bonds. The summed E-state index contributed by atoms with van der Waals surface area (Å²) in [5.74, 6) is -1.55. The Kier molecular flexibility index (Phi) is 8.18. The van der Waals surface area contributed by atoms with Gasteiger partial charge in [-0.25, -0.2) is 8.78 Å². The zero-order valence-corrected chi connectivity index (χ0v) is 23.1. The van der Waals surface area contributed by atoms with Gasteiger partial charge in [0.1, 0.15) is 16.6 Å². The molecule has 1 aliphatic carbocycles. The third kappa shape index (κ3) is 5.31. The Morgan fingerprint density at radius 2 is 1.97 bits per heavy atom. The summed E-state index contributed by atoms with van der Waals surface area (Å²) in [5, 5.41) is -0.0129. The van der Waals surface area contributed by atoms with Crippen molar-refractivity contribution in [1.29, 1.82) is 0 Å². The Hall–Kier alpha value is -3.30. The van der Waals surface area contributed by atoms with Crippen LogP contribution in [0.2, 0.25) is 5.02 Å². The molecule has 0 saturated heterocycles. The van der Waals surface area contributed by atoms with Crippen LogP contribution >= 0.6 is 11.6 Å². The van der Waals surface area contributed by atoms with Gasteiger partial charge in [-0.1, -0.05) is 30.7 Å². The van der Waals surface area contributed by atoms with E-state index in [1.54, 1.807) is 38.4 Å². The van der Waals surface area contributed by atoms with Gasteiger partial charge >= 0.3 is 0 Å². The summed E-state index contributed by atoms with van der Waals surface area (Å²) in [6.45, 7) is 7.28. The Balaban J connectivity index is 1.76. The lowest BCUT2D eigenvalue weighted by atomic mass is 10.1. The number of nitrogens with zero attached hydrogens (tertiary/aromatic N) is 4. The van der Waals surface area contributed by atoms with Gasteiger partial charge in [0, 0.05) is 42.0 Å². The molecule has 1 fully saturated rings. The Bertz CT molecular complexity index is 1580. The van der Waals surface area contributed by atoms with E-state index in [-0.39, 0.29) is 38.9 Å². The first kappa shape index (κ1) is 27.7. The van der Waals surface area contributed by atoms with Crippen molar-refractivity contribution in [3.05, 3.63) is 104 Å². The second-order valence-corrected chi connectivity index (χ2v) is 11.0. The van der Waals surface area contributed by atoms with Crippen molar-refractivity contribution in [3.63, 3.8) is 0 Å². The molecule has 2 aromatic heterocycles. The average molecular weight is 557 g/mol. The normalized spacial score (nSPS) is 20.7. The van der Waals surface area contributed by atoms with Crippen LogP contribution in [-0.2, 0) is 10.8 Å². The molecule has 1 aliphatic rings. The quantitative estimate of drug-likeness (QED) is 0.330. The number of aliphatic imine (C=N–C) groups is 1. The van der Waals surface area contributed by atoms with Gasteiger partial charge in [0.2, 0.25) is 0 Å². The molecule has 38 heavy (non-hydrogen) atoms. The Labute approximate surface area is 227 Å². The molecule has 0 spiro atoms. The maximum atomic E-state index is 15.7. The molecule has 4 rings (SSSR count). The lowest BCUT2D eigenvalue weighted by Crippen LogP contribution is -2.21. The van der Waals surface area contributed by atoms with Crippen molar-refractivity contribution in [3.8, 4) is 0 Å². The van der Waals surface area contributed by atoms with Crippen molar-refractivity contribution < 1.29 is 13.0 Å². The molecule has 10 heteroatoms. The fourth-order valence-electron chi connectivity index (χ4n) is 4.69. The summed E-state index contributed by atoms with van der Waals surface area (Å²) in [4.78, 5) is 26.1. The lowest BCUT2D eigenvalue weighted by molar-refractivity contribution is 0.591. The molecule has 2 heterocycles. The highest BCUT2D eigenvalue weighted by Crippen LogP contribution is 2.60. The molecule has 0 radical (unpaired) electrons. The minimum Gasteiger partial charge on any atom is -0.284 e. The van der Waals surface area contributed by atoms with Crippen LogP contribution in [-0.4, -0.2) is 30.7 Å². The number of aryl methyl sites for hydroxylation is 2. The van der Waals surface area contributed by atoms with Gasteiger partial charge in [-0.2, -0.15) is 0 Å². The van der Waals surface area contributed by atoms with Crippen molar-refractivity contribution in [2.45, 2.75) is 44.4 Å². The van der Waals surface area contributed by atoms with Crippen LogP contribution in [0.15, 0.2) is 69.4 Å². The molecule has 4 atom stereocenters. The van der Waals surface area contributed by atoms with Gasteiger partial charge in [-0.3, -0.25) is 28.5 Å². The van der Waals surface area contributed by atoms with Crippen molar-refractivity contribution in [1.82, 2.24) is 14.5 Å². The monoisotopic (exact) mass is 556 g/mol. The van der Waals surface area contributed by atoms with E-state index < -0.39 is 28.0 Å². The van der Waals surface area contributed by atoms with Crippen LogP contribution in [0, 0.1) is 25.6 Å². The molecule has 0 aliphatic heterocycles. The van der Waals surface area contributed by atoms with E-state index in [0.717, 1.165) is 22.2 Å². The number of pyridine rings is 1. The minimum absolute atomic E-state index is 0.0129. The summed E-state index contributed by atoms with van der Waals surface area (Å²) in [7, 11) is -1.63. The largest absolute Gasteiger partial charge is 0.284 e. The molecule has 6 nitrogen and oxygen atoms in total. The zero-order chi connectivity index (χ0) is 27.7. The molecule has 1 aromatic carbocycles. The summed E-state index contributed by atoms with van der Waals surface area (Å²) >= 11 is 6.54. The second-order valence-electron chi connectivity index (χ2n) is 9.24.